The van der Waals surface area contributed by atoms with E-state index >= 15 is 0 Å². The van der Waals surface area contributed by atoms with Gasteiger partial charge in [0.05, 0.1) is 19.8 Å². The van der Waals surface area contributed by atoms with Gasteiger partial charge in [0, 0.05) is 55.3 Å². The van der Waals surface area contributed by atoms with Crippen molar-refractivity contribution in [1.29, 1.82) is 0 Å². The zero-order chi connectivity index (χ0) is 27.4. The largest absolute Gasteiger partial charge is 0.394 e. The van der Waals surface area contributed by atoms with Crippen LogP contribution in [0.4, 0.5) is 5.69 Å². The first-order valence-corrected chi connectivity index (χ1v) is 14.2. The number of fused-ring (bicyclic) bond motifs is 1. The van der Waals surface area contributed by atoms with Gasteiger partial charge in [0.1, 0.15) is 5.84 Å². The molecule has 208 valence electrons. The minimum absolute atomic E-state index is 0.0214. The van der Waals surface area contributed by atoms with E-state index in [1.54, 1.807) is 0 Å². The lowest BCUT2D eigenvalue weighted by Crippen LogP contribution is -2.45. The Morgan fingerprint density at radius 3 is 2.49 bits per heavy atom. The van der Waals surface area contributed by atoms with E-state index in [-0.39, 0.29) is 36.4 Å². The maximum absolute atomic E-state index is 13.2. The Labute approximate surface area is 231 Å². The van der Waals surface area contributed by atoms with E-state index in [1.807, 2.05) is 38.1 Å². The molecule has 1 saturated carbocycles. The summed E-state index contributed by atoms with van der Waals surface area (Å²) in [6, 6.07) is 14.1. The fourth-order valence-corrected chi connectivity index (χ4v) is 5.87. The Bertz CT molecular complexity index is 1200. The van der Waals surface area contributed by atoms with Crippen LogP contribution >= 0.6 is 0 Å². The summed E-state index contributed by atoms with van der Waals surface area (Å²) < 4.78 is 5.52. The molecule has 0 aromatic heterocycles. The van der Waals surface area contributed by atoms with E-state index in [2.05, 4.69) is 38.3 Å². The maximum Gasteiger partial charge on any atom is 0.278 e. The van der Waals surface area contributed by atoms with Crippen molar-refractivity contribution >= 4 is 23.3 Å². The molecule has 3 aliphatic rings. The summed E-state index contributed by atoms with van der Waals surface area (Å²) in [6.07, 6.45) is 3.85. The monoisotopic (exact) mass is 532 g/mol. The number of carbonyl (C=O) groups is 2. The summed E-state index contributed by atoms with van der Waals surface area (Å²) in [5, 5.41) is 12.2. The number of morpholine rings is 1. The van der Waals surface area contributed by atoms with E-state index in [9.17, 15) is 14.7 Å². The van der Waals surface area contributed by atoms with E-state index in [4.69, 9.17) is 4.74 Å². The highest BCUT2D eigenvalue weighted by molar-refractivity contribution is 6.12. The summed E-state index contributed by atoms with van der Waals surface area (Å²) in [5.41, 5.74) is 5.27. The predicted molar refractivity (Wildman–Crippen MR) is 152 cm³/mol. The third kappa shape index (κ3) is 6.57. The zero-order valence-corrected chi connectivity index (χ0v) is 23.1. The van der Waals surface area contributed by atoms with Crippen LogP contribution in [0.25, 0.3) is 0 Å². The number of anilines is 1. The summed E-state index contributed by atoms with van der Waals surface area (Å²) in [7, 11) is 0. The Kier molecular flexibility index (Phi) is 8.75. The number of aryl methyl sites for hydroxylation is 1. The highest BCUT2D eigenvalue weighted by Gasteiger charge is 2.36. The lowest BCUT2D eigenvalue weighted by molar-refractivity contribution is -0.126. The molecule has 2 aromatic rings. The van der Waals surface area contributed by atoms with Crippen molar-refractivity contribution in [2.24, 2.45) is 10.9 Å². The van der Waals surface area contributed by atoms with Crippen LogP contribution in [0.5, 0.6) is 0 Å². The lowest BCUT2D eigenvalue weighted by atomic mass is 9.84. The second-order valence-electron chi connectivity index (χ2n) is 11.2. The fourth-order valence-electron chi connectivity index (χ4n) is 5.87. The smallest absolute Gasteiger partial charge is 0.278 e. The third-order valence-corrected chi connectivity index (χ3v) is 8.17. The van der Waals surface area contributed by atoms with Gasteiger partial charge >= 0.3 is 0 Å². The average molecular weight is 533 g/mol. The number of ether oxygens (including phenoxy) is 1. The summed E-state index contributed by atoms with van der Waals surface area (Å²) in [5.74, 6) is 0.538. The number of aliphatic hydroxyl groups excluding tert-OH is 1. The van der Waals surface area contributed by atoms with E-state index < -0.39 is 0 Å². The van der Waals surface area contributed by atoms with E-state index in [0.29, 0.717) is 12.0 Å². The molecule has 1 aliphatic carbocycles. The Balaban J connectivity index is 1.38. The van der Waals surface area contributed by atoms with Gasteiger partial charge in [-0.2, -0.15) is 4.99 Å². The van der Waals surface area contributed by atoms with E-state index in [1.165, 1.54) is 11.1 Å². The molecule has 2 heterocycles. The molecular weight excluding hydrogens is 492 g/mol. The van der Waals surface area contributed by atoms with Gasteiger partial charge in [0.15, 0.2) is 0 Å². The van der Waals surface area contributed by atoms with Crippen LogP contribution in [0.2, 0.25) is 0 Å². The number of rotatable bonds is 7. The van der Waals surface area contributed by atoms with Crippen molar-refractivity contribution < 1.29 is 19.4 Å². The second kappa shape index (κ2) is 12.4. The molecule has 8 nitrogen and oxygen atoms in total. The van der Waals surface area contributed by atoms with Crippen molar-refractivity contribution in [3.63, 3.8) is 0 Å². The highest BCUT2D eigenvalue weighted by Crippen LogP contribution is 2.38. The highest BCUT2D eigenvalue weighted by atomic mass is 16.5. The van der Waals surface area contributed by atoms with Gasteiger partial charge in [0.25, 0.3) is 5.91 Å². The van der Waals surface area contributed by atoms with Gasteiger partial charge in [-0.25, -0.2) is 0 Å². The molecule has 5 rings (SSSR count). The molecule has 2 fully saturated rings. The van der Waals surface area contributed by atoms with Crippen molar-refractivity contribution in [1.82, 2.24) is 10.2 Å². The van der Waals surface area contributed by atoms with Gasteiger partial charge in [-0.15, -0.1) is 0 Å². The minimum atomic E-state index is -0.239. The van der Waals surface area contributed by atoms with Gasteiger partial charge in [0.2, 0.25) is 5.91 Å². The normalized spacial score (nSPS) is 23.5. The number of carbonyl (C=O) groups excluding carboxylic acids is 2. The predicted octanol–water partition coefficient (Wildman–Crippen LogP) is 3.48. The molecule has 0 radical (unpaired) electrons. The van der Waals surface area contributed by atoms with Gasteiger partial charge < -0.3 is 20.1 Å². The van der Waals surface area contributed by atoms with Gasteiger partial charge in [-0.05, 0) is 68.9 Å². The van der Waals surface area contributed by atoms with Gasteiger partial charge in [-0.3, -0.25) is 14.5 Å². The SMILES string of the molecule is Cc1ccc(C(=O)N=C2Cc3ccc(CN4CCOCC4)cc3N2C2CCC(C(=O)N[C@H](C)CO)CC2)cc1. The molecule has 8 heteroatoms. The molecular formula is C31H40N4O4. The number of amidine groups is 1. The molecule has 0 spiro atoms. The van der Waals surface area contributed by atoms with Crippen molar-refractivity contribution in [3.05, 3.63) is 64.7 Å². The molecule has 39 heavy (non-hydrogen) atoms. The Morgan fingerprint density at radius 1 is 1.08 bits per heavy atom. The number of aliphatic hydroxyl groups is 1. The first-order valence-electron chi connectivity index (χ1n) is 14.2. The van der Waals surface area contributed by atoms with Gasteiger partial charge in [-0.1, -0.05) is 29.8 Å². The van der Waals surface area contributed by atoms with Crippen LogP contribution < -0.4 is 10.2 Å². The van der Waals surface area contributed by atoms with Crippen LogP contribution in [0.15, 0.2) is 47.5 Å². The van der Waals surface area contributed by atoms with E-state index in [0.717, 1.165) is 75.6 Å². The lowest BCUT2D eigenvalue weighted by Gasteiger charge is -2.36. The molecule has 0 unspecified atom stereocenters. The molecule has 2 aromatic carbocycles. The summed E-state index contributed by atoms with van der Waals surface area (Å²) >= 11 is 0. The minimum Gasteiger partial charge on any atom is -0.394 e. The average Bonchev–Trinajstić information content (AvgIpc) is 3.30. The Morgan fingerprint density at radius 2 is 1.79 bits per heavy atom. The number of nitrogens with one attached hydrogen (secondary N) is 1. The fraction of sp³-hybridized carbons (Fsp3) is 0.516. The first kappa shape index (κ1) is 27.5. The molecule has 2 amide bonds. The number of amides is 2. The van der Waals surface area contributed by atoms with Crippen LogP contribution in [-0.2, 0) is 22.5 Å². The second-order valence-corrected chi connectivity index (χ2v) is 11.2. The topological polar surface area (TPSA) is 94.5 Å². The van der Waals surface area contributed by atoms with Crippen LogP contribution in [0, 0.1) is 12.8 Å². The maximum atomic E-state index is 13.2. The van der Waals surface area contributed by atoms with Crippen molar-refractivity contribution in [2.75, 3.05) is 37.8 Å². The molecule has 2 aliphatic heterocycles. The van der Waals surface area contributed by atoms with Crippen molar-refractivity contribution in [2.45, 2.75) is 64.6 Å². The van der Waals surface area contributed by atoms with Crippen LogP contribution in [0.1, 0.15) is 59.7 Å². The van der Waals surface area contributed by atoms with Crippen LogP contribution in [0.3, 0.4) is 0 Å². The number of hydrogen-bond acceptors (Lipinski definition) is 5. The molecule has 1 saturated heterocycles. The Hall–Kier alpha value is -3.07. The summed E-state index contributed by atoms with van der Waals surface area (Å²) in [4.78, 5) is 35.3. The third-order valence-electron chi connectivity index (χ3n) is 8.17. The van der Waals surface area contributed by atoms with Crippen molar-refractivity contribution in [3.8, 4) is 0 Å². The first-order chi connectivity index (χ1) is 18.9. The number of nitrogens with zero attached hydrogens (tertiary/aromatic N) is 3. The zero-order valence-electron chi connectivity index (χ0n) is 23.1. The van der Waals surface area contributed by atoms with Crippen LogP contribution in [-0.4, -0.2) is 72.7 Å². The molecule has 0 bridgehead atoms. The summed E-state index contributed by atoms with van der Waals surface area (Å²) in [6.45, 7) is 8.02. The molecule has 1 atom stereocenters. The standard InChI is InChI=1S/C31H40N4O4/c1-21-3-6-24(7-4-21)31(38)33-29-18-26-8-5-23(19-34-13-15-39-16-14-34)17-28(26)35(29)27-11-9-25(10-12-27)30(37)32-22(2)20-36/h3-8,17,22,25,27,36H,9-16,18-20H2,1-2H3,(H,32,37)/t22-,25?,27?/m1/s1. The number of hydrogen-bond donors (Lipinski definition) is 2. The quantitative estimate of drug-likeness (QED) is 0.567. The number of benzene rings is 2. The number of aliphatic imine (C=N–C) groups is 1. The molecule has 2 N–H and O–H groups in total.